The molecule has 0 aliphatic carbocycles. The van der Waals surface area contributed by atoms with Crippen LogP contribution in [0.4, 0.5) is 8.78 Å². The topological polar surface area (TPSA) is 38.1 Å². The summed E-state index contributed by atoms with van der Waals surface area (Å²) in [7, 11) is 0. The molecule has 0 unspecified atom stereocenters. The van der Waals surface area contributed by atoms with Crippen LogP contribution in [0.2, 0.25) is 0 Å². The number of nitrogens with one attached hydrogen (secondary N) is 1. The highest BCUT2D eigenvalue weighted by atomic mass is 19.1. The van der Waals surface area contributed by atoms with Crippen LogP contribution in [0, 0.1) is 18.6 Å². The lowest BCUT2D eigenvalue weighted by molar-refractivity contribution is 0.383. The molecule has 0 spiro atoms. The second-order valence-electron chi connectivity index (χ2n) is 5.80. The molecule has 0 aliphatic heterocycles. The van der Waals surface area contributed by atoms with E-state index in [1.165, 1.54) is 12.3 Å². The van der Waals surface area contributed by atoms with Crippen LogP contribution in [0.3, 0.4) is 0 Å². The van der Waals surface area contributed by atoms with Crippen molar-refractivity contribution < 1.29 is 13.2 Å². The second kappa shape index (κ2) is 5.32. The minimum Gasteiger partial charge on any atom is -0.439 e. The third-order valence-corrected chi connectivity index (χ3v) is 2.84. The molecule has 5 heteroatoms. The fourth-order valence-electron chi connectivity index (χ4n) is 1.70. The van der Waals surface area contributed by atoms with Crippen molar-refractivity contribution in [3.8, 4) is 11.3 Å². The predicted octanol–water partition coefficient (Wildman–Crippen LogP) is 3.82. The van der Waals surface area contributed by atoms with Gasteiger partial charge < -0.3 is 9.73 Å². The van der Waals surface area contributed by atoms with Gasteiger partial charge in [-0.2, -0.15) is 0 Å². The van der Waals surface area contributed by atoms with Crippen LogP contribution >= 0.6 is 0 Å². The highest BCUT2D eigenvalue weighted by molar-refractivity contribution is 5.58. The molecule has 0 saturated heterocycles. The van der Waals surface area contributed by atoms with Gasteiger partial charge in [-0.3, -0.25) is 0 Å². The van der Waals surface area contributed by atoms with Gasteiger partial charge in [-0.05, 0) is 39.3 Å². The van der Waals surface area contributed by atoms with Crippen LogP contribution < -0.4 is 5.32 Å². The summed E-state index contributed by atoms with van der Waals surface area (Å²) < 4.78 is 32.5. The van der Waals surface area contributed by atoms with Crippen molar-refractivity contribution in [2.45, 2.75) is 39.8 Å². The molecule has 1 aromatic carbocycles. The minimum atomic E-state index is -0.653. The van der Waals surface area contributed by atoms with Crippen LogP contribution in [-0.4, -0.2) is 10.5 Å². The summed E-state index contributed by atoms with van der Waals surface area (Å²) in [6.45, 7) is 8.11. The number of rotatable bonds is 3. The van der Waals surface area contributed by atoms with E-state index in [0.29, 0.717) is 23.8 Å². The standard InChI is InChI=1S/C15H18F2N2O/c1-9-5-10(12(17)6-11(9)16)13-7-18-14(20-13)8-19-15(2,3)4/h5-7,19H,8H2,1-4H3. The zero-order valence-corrected chi connectivity index (χ0v) is 12.1. The first kappa shape index (κ1) is 14.7. The Labute approximate surface area is 117 Å². The third kappa shape index (κ3) is 3.42. The monoisotopic (exact) mass is 280 g/mol. The van der Waals surface area contributed by atoms with Gasteiger partial charge in [0.05, 0.1) is 18.3 Å². The third-order valence-electron chi connectivity index (χ3n) is 2.84. The summed E-state index contributed by atoms with van der Waals surface area (Å²) in [4.78, 5) is 4.10. The van der Waals surface area contributed by atoms with Gasteiger partial charge in [-0.25, -0.2) is 13.8 Å². The number of oxazole rings is 1. The van der Waals surface area contributed by atoms with E-state index in [-0.39, 0.29) is 11.1 Å². The summed E-state index contributed by atoms with van der Waals surface area (Å²) in [6, 6.07) is 2.28. The van der Waals surface area contributed by atoms with Gasteiger partial charge in [0.25, 0.3) is 0 Å². The molecule has 1 N–H and O–H groups in total. The van der Waals surface area contributed by atoms with E-state index in [1.807, 2.05) is 20.8 Å². The Balaban J connectivity index is 2.23. The Morgan fingerprint density at radius 2 is 1.90 bits per heavy atom. The molecule has 0 fully saturated rings. The maximum Gasteiger partial charge on any atom is 0.208 e. The fourth-order valence-corrected chi connectivity index (χ4v) is 1.70. The van der Waals surface area contributed by atoms with Crippen molar-refractivity contribution in [2.75, 3.05) is 0 Å². The van der Waals surface area contributed by atoms with E-state index in [4.69, 9.17) is 4.42 Å². The number of halogens is 2. The van der Waals surface area contributed by atoms with Crippen molar-refractivity contribution in [3.05, 3.63) is 41.4 Å². The van der Waals surface area contributed by atoms with Crippen molar-refractivity contribution in [1.29, 1.82) is 0 Å². The first-order valence-corrected chi connectivity index (χ1v) is 6.42. The normalized spacial score (nSPS) is 11.9. The summed E-state index contributed by atoms with van der Waals surface area (Å²) >= 11 is 0. The van der Waals surface area contributed by atoms with Gasteiger partial charge >= 0.3 is 0 Å². The van der Waals surface area contributed by atoms with Gasteiger partial charge in [-0.15, -0.1) is 0 Å². The molecule has 1 aromatic heterocycles. The lowest BCUT2D eigenvalue weighted by Crippen LogP contribution is -2.35. The Hall–Kier alpha value is -1.75. The molecule has 0 aliphatic rings. The largest absolute Gasteiger partial charge is 0.439 e. The van der Waals surface area contributed by atoms with Crippen molar-refractivity contribution >= 4 is 0 Å². The van der Waals surface area contributed by atoms with Gasteiger partial charge in [-0.1, -0.05) is 0 Å². The Bertz CT molecular complexity index is 615. The van der Waals surface area contributed by atoms with E-state index in [1.54, 1.807) is 6.92 Å². The number of aryl methyl sites for hydroxylation is 1. The average molecular weight is 280 g/mol. The zero-order chi connectivity index (χ0) is 14.9. The van der Waals surface area contributed by atoms with Crippen LogP contribution in [-0.2, 0) is 6.54 Å². The van der Waals surface area contributed by atoms with Gasteiger partial charge in [0.15, 0.2) is 5.76 Å². The van der Waals surface area contributed by atoms with E-state index in [0.717, 1.165) is 6.07 Å². The quantitative estimate of drug-likeness (QED) is 0.929. The molecule has 2 aromatic rings. The molecule has 2 rings (SSSR count). The van der Waals surface area contributed by atoms with E-state index >= 15 is 0 Å². The SMILES string of the molecule is Cc1cc(-c2cnc(CNC(C)(C)C)o2)c(F)cc1F. The molecule has 0 bridgehead atoms. The summed E-state index contributed by atoms with van der Waals surface area (Å²) in [5, 5.41) is 3.23. The van der Waals surface area contributed by atoms with Gasteiger partial charge in [0, 0.05) is 11.6 Å². The van der Waals surface area contributed by atoms with Crippen molar-refractivity contribution in [3.63, 3.8) is 0 Å². The number of nitrogens with zero attached hydrogens (tertiary/aromatic N) is 1. The summed E-state index contributed by atoms with van der Waals surface area (Å²) in [5.74, 6) is -0.451. The maximum absolute atomic E-state index is 13.8. The van der Waals surface area contributed by atoms with Crippen LogP contribution in [0.15, 0.2) is 22.7 Å². The smallest absolute Gasteiger partial charge is 0.208 e. The maximum atomic E-state index is 13.8. The Morgan fingerprint density at radius 1 is 1.20 bits per heavy atom. The van der Waals surface area contributed by atoms with Crippen LogP contribution in [0.1, 0.15) is 32.2 Å². The first-order valence-electron chi connectivity index (χ1n) is 6.42. The van der Waals surface area contributed by atoms with Crippen molar-refractivity contribution in [1.82, 2.24) is 10.3 Å². The number of benzene rings is 1. The van der Waals surface area contributed by atoms with Crippen LogP contribution in [0.5, 0.6) is 0 Å². The first-order chi connectivity index (χ1) is 9.26. The fraction of sp³-hybridized carbons (Fsp3) is 0.400. The zero-order valence-electron chi connectivity index (χ0n) is 12.1. The highest BCUT2D eigenvalue weighted by Crippen LogP contribution is 2.26. The summed E-state index contributed by atoms with van der Waals surface area (Å²) in [5.41, 5.74) is 0.525. The molecule has 108 valence electrons. The molecule has 20 heavy (non-hydrogen) atoms. The molecular weight excluding hydrogens is 262 g/mol. The van der Waals surface area contributed by atoms with E-state index in [2.05, 4.69) is 10.3 Å². The van der Waals surface area contributed by atoms with E-state index in [9.17, 15) is 8.78 Å². The molecule has 3 nitrogen and oxygen atoms in total. The molecule has 0 saturated carbocycles. The molecule has 0 atom stereocenters. The summed E-state index contributed by atoms with van der Waals surface area (Å²) in [6.07, 6.45) is 1.45. The van der Waals surface area contributed by atoms with Gasteiger partial charge in [0.2, 0.25) is 5.89 Å². The Morgan fingerprint density at radius 3 is 2.55 bits per heavy atom. The molecule has 1 heterocycles. The number of aromatic nitrogens is 1. The molecular formula is C15H18F2N2O. The Kier molecular flexibility index (Phi) is 3.90. The second-order valence-corrected chi connectivity index (χ2v) is 5.80. The number of hydrogen-bond donors (Lipinski definition) is 1. The highest BCUT2D eigenvalue weighted by Gasteiger charge is 2.15. The van der Waals surface area contributed by atoms with Crippen molar-refractivity contribution in [2.24, 2.45) is 0 Å². The van der Waals surface area contributed by atoms with Crippen LogP contribution in [0.25, 0.3) is 11.3 Å². The van der Waals surface area contributed by atoms with E-state index < -0.39 is 11.6 Å². The van der Waals surface area contributed by atoms with Gasteiger partial charge in [0.1, 0.15) is 11.6 Å². The minimum absolute atomic E-state index is 0.0631. The average Bonchev–Trinajstić information content (AvgIpc) is 2.79. The molecule has 0 radical (unpaired) electrons. The molecule has 0 amide bonds. The lowest BCUT2D eigenvalue weighted by atomic mass is 10.1. The lowest BCUT2D eigenvalue weighted by Gasteiger charge is -2.18. The number of hydrogen-bond acceptors (Lipinski definition) is 3. The predicted molar refractivity (Wildman–Crippen MR) is 73.2 cm³/mol.